The first-order valence-corrected chi connectivity index (χ1v) is 6.45. The number of nitrogens with zero attached hydrogens (tertiary/aromatic N) is 1. The average molecular weight is 259 g/mol. The van der Waals surface area contributed by atoms with E-state index in [1.165, 1.54) is 12.3 Å². The van der Waals surface area contributed by atoms with Crippen molar-refractivity contribution < 1.29 is 13.9 Å². The van der Waals surface area contributed by atoms with Gasteiger partial charge in [0.05, 0.1) is 17.7 Å². The predicted molar refractivity (Wildman–Crippen MR) is 69.6 cm³/mol. The van der Waals surface area contributed by atoms with Crippen molar-refractivity contribution in [3.05, 3.63) is 41.3 Å². The number of rotatable bonds is 3. The van der Waals surface area contributed by atoms with Gasteiger partial charge in [-0.25, -0.2) is 9.18 Å². The molecule has 2 aromatic rings. The summed E-state index contributed by atoms with van der Waals surface area (Å²) in [6.07, 6.45) is 3.57. The Kier molecular flexibility index (Phi) is 2.93. The molecule has 0 atom stereocenters. The van der Waals surface area contributed by atoms with E-state index < -0.39 is 5.97 Å². The van der Waals surface area contributed by atoms with Crippen LogP contribution in [0.2, 0.25) is 0 Å². The Morgan fingerprint density at radius 1 is 1.42 bits per heavy atom. The molecule has 3 rings (SSSR count). The van der Waals surface area contributed by atoms with Crippen LogP contribution in [-0.4, -0.2) is 17.6 Å². The van der Waals surface area contributed by atoms with Crippen molar-refractivity contribution in [1.29, 1.82) is 0 Å². The van der Waals surface area contributed by atoms with Crippen LogP contribution in [-0.2, 0) is 4.74 Å². The largest absolute Gasteiger partial charge is 0.462 e. The molecule has 0 N–H and O–H groups in total. The molecule has 19 heavy (non-hydrogen) atoms. The van der Waals surface area contributed by atoms with Gasteiger partial charge in [0.2, 0.25) is 0 Å². The van der Waals surface area contributed by atoms with Crippen molar-refractivity contribution in [2.24, 2.45) is 0 Å². The summed E-state index contributed by atoms with van der Waals surface area (Å²) in [7, 11) is 0. The second-order valence-corrected chi connectivity index (χ2v) is 4.79. The molecular formula is C15H14FNO2. The van der Waals surface area contributed by atoms with Gasteiger partial charge in [0, 0.05) is 11.6 Å². The van der Waals surface area contributed by atoms with Crippen molar-refractivity contribution in [3.8, 4) is 0 Å². The zero-order valence-corrected chi connectivity index (χ0v) is 10.6. The Labute approximate surface area is 110 Å². The first-order chi connectivity index (χ1) is 9.19. The zero-order chi connectivity index (χ0) is 13.4. The maximum absolute atomic E-state index is 13.9. The number of benzene rings is 1. The van der Waals surface area contributed by atoms with E-state index in [4.69, 9.17) is 4.74 Å². The number of carbonyl (C=O) groups is 1. The normalized spacial score (nSPS) is 14.6. The molecule has 1 aromatic carbocycles. The molecule has 0 aliphatic heterocycles. The summed E-state index contributed by atoms with van der Waals surface area (Å²) in [5.74, 6) is -0.294. The molecule has 0 radical (unpaired) electrons. The minimum Gasteiger partial charge on any atom is -0.462 e. The van der Waals surface area contributed by atoms with E-state index in [1.54, 1.807) is 19.1 Å². The van der Waals surface area contributed by atoms with Gasteiger partial charge < -0.3 is 4.74 Å². The average Bonchev–Trinajstić information content (AvgIpc) is 3.22. The predicted octanol–water partition coefficient (Wildman–Crippen LogP) is 3.43. The fourth-order valence-corrected chi connectivity index (χ4v) is 2.20. The number of halogens is 1. The lowest BCUT2D eigenvalue weighted by Crippen LogP contribution is -2.05. The van der Waals surface area contributed by atoms with Crippen LogP contribution in [0, 0.1) is 5.82 Å². The van der Waals surface area contributed by atoms with Crippen LogP contribution in [0.25, 0.3) is 10.9 Å². The van der Waals surface area contributed by atoms with E-state index in [1.807, 2.05) is 0 Å². The minimum absolute atomic E-state index is 0.210. The number of hydrogen-bond acceptors (Lipinski definition) is 3. The second kappa shape index (κ2) is 4.61. The lowest BCUT2D eigenvalue weighted by Gasteiger charge is -2.06. The third kappa shape index (κ3) is 2.30. The molecule has 0 unspecified atom stereocenters. The molecule has 1 aromatic heterocycles. The molecule has 4 heteroatoms. The van der Waals surface area contributed by atoms with E-state index in [0.29, 0.717) is 23.5 Å². The summed E-state index contributed by atoms with van der Waals surface area (Å²) < 4.78 is 18.9. The second-order valence-electron chi connectivity index (χ2n) is 4.79. The molecule has 0 spiro atoms. The highest BCUT2D eigenvalue weighted by Gasteiger charge is 2.27. The Balaban J connectivity index is 2.03. The van der Waals surface area contributed by atoms with Crippen molar-refractivity contribution in [1.82, 2.24) is 4.98 Å². The highest BCUT2D eigenvalue weighted by Crippen LogP contribution is 2.42. The molecule has 1 aliphatic rings. The Bertz CT molecular complexity index is 650. The van der Waals surface area contributed by atoms with E-state index in [-0.39, 0.29) is 5.82 Å². The smallest absolute Gasteiger partial charge is 0.339 e. The van der Waals surface area contributed by atoms with Crippen LogP contribution in [0.4, 0.5) is 4.39 Å². The zero-order valence-electron chi connectivity index (χ0n) is 10.6. The molecular weight excluding hydrogens is 245 g/mol. The highest BCUT2D eigenvalue weighted by molar-refractivity contribution is 5.93. The number of esters is 1. The molecule has 0 bridgehead atoms. The highest BCUT2D eigenvalue weighted by atomic mass is 19.1. The summed E-state index contributed by atoms with van der Waals surface area (Å²) in [4.78, 5) is 15.8. The van der Waals surface area contributed by atoms with E-state index in [9.17, 15) is 9.18 Å². The van der Waals surface area contributed by atoms with Gasteiger partial charge in [0.25, 0.3) is 0 Å². The number of ether oxygens (including phenoxy) is 1. The van der Waals surface area contributed by atoms with Gasteiger partial charge in [-0.2, -0.15) is 0 Å². The summed E-state index contributed by atoms with van der Waals surface area (Å²) in [5, 5.41) is 0.632. The van der Waals surface area contributed by atoms with Crippen molar-refractivity contribution in [2.45, 2.75) is 25.7 Å². The maximum Gasteiger partial charge on any atom is 0.339 e. The molecule has 1 heterocycles. The standard InChI is InChI=1S/C15H14FNO2/c1-2-19-15(18)11-5-10-6-13(16)12(9-3-4-9)7-14(10)17-8-11/h5-9H,2-4H2,1H3. The van der Waals surface area contributed by atoms with Gasteiger partial charge in [0.1, 0.15) is 5.82 Å². The maximum atomic E-state index is 13.9. The van der Waals surface area contributed by atoms with Gasteiger partial charge in [-0.05, 0) is 49.4 Å². The van der Waals surface area contributed by atoms with E-state index in [2.05, 4.69) is 4.98 Å². The van der Waals surface area contributed by atoms with Crippen molar-refractivity contribution >= 4 is 16.9 Å². The summed E-state index contributed by atoms with van der Waals surface area (Å²) in [5.41, 5.74) is 1.81. The number of pyridine rings is 1. The molecule has 1 fully saturated rings. The summed E-state index contributed by atoms with van der Waals surface area (Å²) >= 11 is 0. The quantitative estimate of drug-likeness (QED) is 0.793. The Morgan fingerprint density at radius 2 is 2.21 bits per heavy atom. The van der Waals surface area contributed by atoms with Gasteiger partial charge in [0.15, 0.2) is 0 Å². The number of fused-ring (bicyclic) bond motifs is 1. The molecule has 98 valence electrons. The first-order valence-electron chi connectivity index (χ1n) is 6.45. The van der Waals surface area contributed by atoms with Gasteiger partial charge in [-0.15, -0.1) is 0 Å². The number of hydrogen-bond donors (Lipinski definition) is 0. The lowest BCUT2D eigenvalue weighted by molar-refractivity contribution is 0.0526. The topological polar surface area (TPSA) is 39.2 Å². The first kappa shape index (κ1) is 12.1. The van der Waals surface area contributed by atoms with Crippen molar-refractivity contribution in [2.75, 3.05) is 6.61 Å². The van der Waals surface area contributed by atoms with Crippen LogP contribution in [0.15, 0.2) is 24.4 Å². The fraction of sp³-hybridized carbons (Fsp3) is 0.333. The van der Waals surface area contributed by atoms with E-state index >= 15 is 0 Å². The molecule has 1 aliphatic carbocycles. The number of aromatic nitrogens is 1. The van der Waals surface area contributed by atoms with Gasteiger partial charge in [-0.3, -0.25) is 4.98 Å². The SMILES string of the molecule is CCOC(=O)c1cnc2cc(C3CC3)c(F)cc2c1. The summed E-state index contributed by atoms with van der Waals surface area (Å²) in [6.45, 7) is 2.06. The van der Waals surface area contributed by atoms with Crippen LogP contribution < -0.4 is 0 Å². The van der Waals surface area contributed by atoms with E-state index in [0.717, 1.165) is 23.9 Å². The monoisotopic (exact) mass is 259 g/mol. The molecule has 0 amide bonds. The summed E-state index contributed by atoms with van der Waals surface area (Å²) in [6, 6.07) is 4.87. The number of carbonyl (C=O) groups excluding carboxylic acids is 1. The van der Waals surface area contributed by atoms with Crippen LogP contribution >= 0.6 is 0 Å². The van der Waals surface area contributed by atoms with Gasteiger partial charge >= 0.3 is 5.97 Å². The molecule has 1 saturated carbocycles. The molecule has 3 nitrogen and oxygen atoms in total. The third-order valence-corrected chi connectivity index (χ3v) is 3.33. The third-order valence-electron chi connectivity index (χ3n) is 3.33. The fourth-order valence-electron chi connectivity index (χ4n) is 2.20. The van der Waals surface area contributed by atoms with Crippen LogP contribution in [0.3, 0.4) is 0 Å². The Morgan fingerprint density at radius 3 is 2.89 bits per heavy atom. The minimum atomic E-state index is -0.427. The molecule has 0 saturated heterocycles. The Hall–Kier alpha value is -1.97. The van der Waals surface area contributed by atoms with Gasteiger partial charge in [-0.1, -0.05) is 0 Å². The van der Waals surface area contributed by atoms with Crippen LogP contribution in [0.1, 0.15) is 41.6 Å². The lowest BCUT2D eigenvalue weighted by atomic mass is 10.1. The van der Waals surface area contributed by atoms with Crippen LogP contribution in [0.5, 0.6) is 0 Å². The van der Waals surface area contributed by atoms with Crippen molar-refractivity contribution in [3.63, 3.8) is 0 Å².